The molecule has 2 unspecified atom stereocenters. The second-order valence-electron chi connectivity index (χ2n) is 3.59. The lowest BCUT2D eigenvalue weighted by Gasteiger charge is -2.35. The molecule has 0 aromatic rings. The van der Waals surface area contributed by atoms with Crippen molar-refractivity contribution >= 4 is 6.09 Å². The zero-order chi connectivity index (χ0) is 9.84. The van der Waals surface area contributed by atoms with Crippen molar-refractivity contribution in [3.63, 3.8) is 0 Å². The number of aliphatic hydroxyl groups excluding tert-OH is 1. The molecule has 0 aromatic carbocycles. The second kappa shape index (κ2) is 4.46. The Morgan fingerprint density at radius 2 is 2.38 bits per heavy atom. The molecular formula is C9H17NO3. The molecule has 0 radical (unpaired) electrons. The minimum Gasteiger partial charge on any atom is -0.453 e. The number of amides is 1. The van der Waals surface area contributed by atoms with E-state index in [1.807, 2.05) is 6.92 Å². The van der Waals surface area contributed by atoms with Crippen molar-refractivity contribution in [2.75, 3.05) is 20.3 Å². The van der Waals surface area contributed by atoms with Gasteiger partial charge in [0.15, 0.2) is 0 Å². The van der Waals surface area contributed by atoms with Gasteiger partial charge in [0, 0.05) is 19.2 Å². The number of methoxy groups -OCH3 is 1. The number of carbonyl (C=O) groups is 1. The number of likely N-dealkylation sites (tertiary alicyclic amines) is 1. The Hall–Kier alpha value is -0.770. The summed E-state index contributed by atoms with van der Waals surface area (Å²) < 4.78 is 4.65. The number of hydrogen-bond acceptors (Lipinski definition) is 3. The molecule has 4 heteroatoms. The monoisotopic (exact) mass is 187 g/mol. The van der Waals surface area contributed by atoms with Gasteiger partial charge in [-0.1, -0.05) is 0 Å². The zero-order valence-corrected chi connectivity index (χ0v) is 8.19. The normalized spacial score (nSPS) is 28.7. The SMILES string of the molecule is COC(=O)N1CCC(CO)CC1C. The molecule has 0 aliphatic carbocycles. The van der Waals surface area contributed by atoms with E-state index in [9.17, 15) is 4.79 Å². The number of ether oxygens (including phenoxy) is 1. The van der Waals surface area contributed by atoms with E-state index in [2.05, 4.69) is 4.74 Å². The molecule has 1 aliphatic rings. The Morgan fingerprint density at radius 1 is 1.69 bits per heavy atom. The highest BCUT2D eigenvalue weighted by atomic mass is 16.5. The minimum atomic E-state index is -0.260. The number of carbonyl (C=O) groups excluding carboxylic acids is 1. The first-order chi connectivity index (χ1) is 6.19. The molecule has 13 heavy (non-hydrogen) atoms. The summed E-state index contributed by atoms with van der Waals surface area (Å²) >= 11 is 0. The summed E-state index contributed by atoms with van der Waals surface area (Å²) in [5.41, 5.74) is 0. The van der Waals surface area contributed by atoms with Crippen LogP contribution in [0.5, 0.6) is 0 Å². The van der Waals surface area contributed by atoms with E-state index in [1.165, 1.54) is 7.11 Å². The van der Waals surface area contributed by atoms with Crippen LogP contribution in [0, 0.1) is 5.92 Å². The number of hydrogen-bond donors (Lipinski definition) is 1. The van der Waals surface area contributed by atoms with Gasteiger partial charge < -0.3 is 14.7 Å². The third kappa shape index (κ3) is 2.34. The molecule has 1 amide bonds. The van der Waals surface area contributed by atoms with Crippen LogP contribution in [-0.4, -0.2) is 42.4 Å². The predicted octanol–water partition coefficient (Wildman–Crippen LogP) is 0.846. The highest BCUT2D eigenvalue weighted by Crippen LogP contribution is 2.22. The van der Waals surface area contributed by atoms with Crippen LogP contribution in [0.3, 0.4) is 0 Å². The molecule has 1 rings (SSSR count). The van der Waals surface area contributed by atoms with E-state index >= 15 is 0 Å². The summed E-state index contributed by atoms with van der Waals surface area (Å²) in [6.45, 7) is 2.90. The lowest BCUT2D eigenvalue weighted by Crippen LogP contribution is -2.45. The van der Waals surface area contributed by atoms with Crippen LogP contribution in [-0.2, 0) is 4.74 Å². The maximum atomic E-state index is 11.2. The first-order valence-corrected chi connectivity index (χ1v) is 4.64. The van der Waals surface area contributed by atoms with E-state index in [0.717, 1.165) is 12.8 Å². The average molecular weight is 187 g/mol. The standard InChI is InChI=1S/C9H17NO3/c1-7-5-8(6-11)3-4-10(7)9(12)13-2/h7-8,11H,3-6H2,1-2H3. The van der Waals surface area contributed by atoms with Crippen LogP contribution >= 0.6 is 0 Å². The highest BCUT2D eigenvalue weighted by molar-refractivity contribution is 5.67. The smallest absolute Gasteiger partial charge is 0.409 e. The first kappa shape index (κ1) is 10.3. The molecule has 4 nitrogen and oxygen atoms in total. The third-order valence-electron chi connectivity index (χ3n) is 2.65. The van der Waals surface area contributed by atoms with Crippen molar-refractivity contribution in [2.45, 2.75) is 25.8 Å². The number of rotatable bonds is 1. The summed E-state index contributed by atoms with van der Waals surface area (Å²) in [5, 5.41) is 8.96. The molecule has 1 aliphatic heterocycles. The molecule has 0 spiro atoms. The van der Waals surface area contributed by atoms with Gasteiger partial charge in [-0.2, -0.15) is 0 Å². The van der Waals surface area contributed by atoms with Gasteiger partial charge in [0.05, 0.1) is 7.11 Å². The fourth-order valence-corrected chi connectivity index (χ4v) is 1.82. The van der Waals surface area contributed by atoms with Gasteiger partial charge in [0.25, 0.3) is 0 Å². The number of piperidine rings is 1. The third-order valence-corrected chi connectivity index (χ3v) is 2.65. The second-order valence-corrected chi connectivity index (χ2v) is 3.59. The molecule has 1 heterocycles. The molecule has 1 N–H and O–H groups in total. The lowest BCUT2D eigenvalue weighted by atomic mass is 9.93. The van der Waals surface area contributed by atoms with E-state index in [1.54, 1.807) is 4.90 Å². The average Bonchev–Trinajstić information content (AvgIpc) is 2.16. The van der Waals surface area contributed by atoms with E-state index < -0.39 is 0 Å². The van der Waals surface area contributed by atoms with Crippen molar-refractivity contribution in [3.8, 4) is 0 Å². The first-order valence-electron chi connectivity index (χ1n) is 4.64. The Morgan fingerprint density at radius 3 is 2.85 bits per heavy atom. The van der Waals surface area contributed by atoms with Crippen LogP contribution in [0.4, 0.5) is 4.79 Å². The van der Waals surface area contributed by atoms with Gasteiger partial charge in [-0.15, -0.1) is 0 Å². The van der Waals surface area contributed by atoms with Crippen LogP contribution in [0.15, 0.2) is 0 Å². The van der Waals surface area contributed by atoms with Crippen molar-refractivity contribution in [2.24, 2.45) is 5.92 Å². The van der Waals surface area contributed by atoms with Crippen molar-refractivity contribution < 1.29 is 14.6 Å². The van der Waals surface area contributed by atoms with Gasteiger partial charge in [-0.25, -0.2) is 4.79 Å². The van der Waals surface area contributed by atoms with Gasteiger partial charge in [0.2, 0.25) is 0 Å². The van der Waals surface area contributed by atoms with Crippen LogP contribution in [0.1, 0.15) is 19.8 Å². The Labute approximate surface area is 78.5 Å². The van der Waals surface area contributed by atoms with Crippen LogP contribution < -0.4 is 0 Å². The van der Waals surface area contributed by atoms with Crippen LogP contribution in [0.2, 0.25) is 0 Å². The largest absolute Gasteiger partial charge is 0.453 e. The maximum Gasteiger partial charge on any atom is 0.409 e. The molecule has 1 fully saturated rings. The Balaban J connectivity index is 2.48. The van der Waals surface area contributed by atoms with Gasteiger partial charge in [0.1, 0.15) is 0 Å². The molecule has 76 valence electrons. The van der Waals surface area contributed by atoms with Crippen molar-refractivity contribution in [1.29, 1.82) is 0 Å². The molecule has 2 atom stereocenters. The summed E-state index contributed by atoms with van der Waals surface area (Å²) in [6, 6.07) is 0.179. The number of nitrogens with zero attached hydrogens (tertiary/aromatic N) is 1. The van der Waals surface area contributed by atoms with Crippen LogP contribution in [0.25, 0.3) is 0 Å². The Kier molecular flexibility index (Phi) is 3.54. The zero-order valence-electron chi connectivity index (χ0n) is 8.19. The topological polar surface area (TPSA) is 49.8 Å². The Bertz CT molecular complexity index is 184. The summed E-state index contributed by atoms with van der Waals surface area (Å²) in [4.78, 5) is 12.9. The number of aliphatic hydroxyl groups is 1. The van der Waals surface area contributed by atoms with E-state index in [0.29, 0.717) is 12.5 Å². The lowest BCUT2D eigenvalue weighted by molar-refractivity contribution is 0.0672. The predicted molar refractivity (Wildman–Crippen MR) is 48.4 cm³/mol. The van der Waals surface area contributed by atoms with Crippen molar-refractivity contribution in [1.82, 2.24) is 4.90 Å². The van der Waals surface area contributed by atoms with E-state index in [4.69, 9.17) is 5.11 Å². The maximum absolute atomic E-state index is 11.2. The highest BCUT2D eigenvalue weighted by Gasteiger charge is 2.28. The fourth-order valence-electron chi connectivity index (χ4n) is 1.82. The quantitative estimate of drug-likeness (QED) is 0.662. The van der Waals surface area contributed by atoms with Gasteiger partial charge in [-0.3, -0.25) is 0 Å². The molecule has 1 saturated heterocycles. The summed E-state index contributed by atoms with van der Waals surface area (Å²) in [6.07, 6.45) is 1.48. The van der Waals surface area contributed by atoms with Gasteiger partial charge >= 0.3 is 6.09 Å². The summed E-state index contributed by atoms with van der Waals surface area (Å²) in [7, 11) is 1.40. The molecule has 0 bridgehead atoms. The fraction of sp³-hybridized carbons (Fsp3) is 0.889. The summed E-state index contributed by atoms with van der Waals surface area (Å²) in [5.74, 6) is 0.343. The molecule has 0 aromatic heterocycles. The molecular weight excluding hydrogens is 170 g/mol. The van der Waals surface area contributed by atoms with Crippen molar-refractivity contribution in [3.05, 3.63) is 0 Å². The van der Waals surface area contributed by atoms with Gasteiger partial charge in [-0.05, 0) is 25.7 Å². The minimum absolute atomic E-state index is 0.179. The van der Waals surface area contributed by atoms with E-state index in [-0.39, 0.29) is 18.7 Å². The molecule has 0 saturated carbocycles.